The summed E-state index contributed by atoms with van der Waals surface area (Å²) in [5, 5.41) is 13.8. The molecule has 1 aromatic rings. The zero-order chi connectivity index (χ0) is 16.0. The van der Waals surface area contributed by atoms with Crippen LogP contribution in [0.4, 0.5) is 5.69 Å². The van der Waals surface area contributed by atoms with Crippen molar-refractivity contribution in [2.75, 3.05) is 20.2 Å². The molecule has 0 aliphatic carbocycles. The minimum Gasteiger partial charge on any atom is -0.495 e. The topological polar surface area (TPSA) is 111 Å². The molecule has 118 valence electrons. The third kappa shape index (κ3) is 4.66. The van der Waals surface area contributed by atoms with Gasteiger partial charge in [-0.2, -0.15) is 0 Å². The van der Waals surface area contributed by atoms with E-state index in [0.717, 1.165) is 6.07 Å². The summed E-state index contributed by atoms with van der Waals surface area (Å²) in [5.74, 6) is 0.0594. The summed E-state index contributed by atoms with van der Waals surface area (Å²) >= 11 is 0. The molecule has 1 rings (SSSR count). The number of benzene rings is 1. The predicted molar refractivity (Wildman–Crippen MR) is 78.0 cm³/mol. The third-order valence-electron chi connectivity index (χ3n) is 2.78. The van der Waals surface area contributed by atoms with Gasteiger partial charge in [0.1, 0.15) is 10.6 Å². The lowest BCUT2D eigenvalue weighted by molar-refractivity contribution is -0.385. The van der Waals surface area contributed by atoms with Gasteiger partial charge in [-0.05, 0) is 19.5 Å². The summed E-state index contributed by atoms with van der Waals surface area (Å²) in [6.45, 7) is 4.62. The molecule has 0 aromatic heterocycles. The molecule has 9 heteroatoms. The fourth-order valence-electron chi connectivity index (χ4n) is 1.72. The highest BCUT2D eigenvalue weighted by molar-refractivity contribution is 7.89. The van der Waals surface area contributed by atoms with Gasteiger partial charge in [0.05, 0.1) is 12.0 Å². The number of nitrogens with one attached hydrogen (secondary N) is 2. The van der Waals surface area contributed by atoms with E-state index in [2.05, 4.69) is 10.0 Å². The van der Waals surface area contributed by atoms with Gasteiger partial charge in [-0.1, -0.05) is 6.92 Å². The van der Waals surface area contributed by atoms with Gasteiger partial charge >= 0.3 is 0 Å². The largest absolute Gasteiger partial charge is 0.495 e. The molecule has 0 amide bonds. The lowest BCUT2D eigenvalue weighted by atomic mass is 10.3. The number of rotatable bonds is 8. The number of hydrogen-bond acceptors (Lipinski definition) is 6. The molecule has 2 N–H and O–H groups in total. The van der Waals surface area contributed by atoms with Crippen molar-refractivity contribution >= 4 is 15.7 Å². The smallest absolute Gasteiger partial charge is 0.271 e. The van der Waals surface area contributed by atoms with Gasteiger partial charge in [-0.15, -0.1) is 0 Å². The number of hydrogen-bond donors (Lipinski definition) is 2. The summed E-state index contributed by atoms with van der Waals surface area (Å²) in [7, 11) is -2.58. The zero-order valence-electron chi connectivity index (χ0n) is 12.1. The Hall–Kier alpha value is -1.71. The Kier molecular flexibility index (Phi) is 6.06. The van der Waals surface area contributed by atoms with E-state index in [1.807, 2.05) is 13.8 Å². The Morgan fingerprint density at radius 3 is 2.62 bits per heavy atom. The molecule has 1 atom stereocenters. The van der Waals surface area contributed by atoms with E-state index in [1.165, 1.54) is 19.2 Å². The first kappa shape index (κ1) is 17.3. The second-order valence-corrected chi connectivity index (χ2v) is 6.14. The molecule has 0 aliphatic rings. The fraction of sp³-hybridized carbons (Fsp3) is 0.500. The number of ether oxygens (including phenoxy) is 1. The Labute approximate surface area is 123 Å². The predicted octanol–water partition coefficient (Wildman–Crippen LogP) is 0.880. The molecule has 0 heterocycles. The second kappa shape index (κ2) is 7.34. The minimum atomic E-state index is -3.89. The molecular weight excluding hydrogens is 298 g/mol. The molecule has 0 aliphatic heterocycles. The van der Waals surface area contributed by atoms with Crippen LogP contribution in [-0.4, -0.2) is 39.6 Å². The molecule has 21 heavy (non-hydrogen) atoms. The summed E-state index contributed by atoms with van der Waals surface area (Å²) in [6.07, 6.45) is 0. The zero-order valence-corrected chi connectivity index (χ0v) is 12.9. The van der Waals surface area contributed by atoms with Crippen LogP contribution in [0.15, 0.2) is 23.1 Å². The number of nitrogens with zero attached hydrogens (tertiary/aromatic N) is 1. The van der Waals surface area contributed by atoms with E-state index in [9.17, 15) is 18.5 Å². The van der Waals surface area contributed by atoms with Crippen molar-refractivity contribution in [2.24, 2.45) is 0 Å². The Bertz CT molecular complexity index is 603. The highest BCUT2D eigenvalue weighted by Gasteiger charge is 2.23. The Balaban J connectivity index is 3.05. The van der Waals surface area contributed by atoms with E-state index in [-0.39, 0.29) is 28.9 Å². The number of non-ortho nitro benzene ring substituents is 1. The molecule has 0 saturated carbocycles. The van der Waals surface area contributed by atoms with Crippen molar-refractivity contribution in [3.63, 3.8) is 0 Å². The van der Waals surface area contributed by atoms with E-state index in [0.29, 0.717) is 6.54 Å². The van der Waals surface area contributed by atoms with Crippen LogP contribution >= 0.6 is 0 Å². The highest BCUT2D eigenvalue weighted by Crippen LogP contribution is 2.27. The van der Waals surface area contributed by atoms with Gasteiger partial charge in [0.25, 0.3) is 5.69 Å². The number of methoxy groups -OCH3 is 1. The second-order valence-electron chi connectivity index (χ2n) is 4.40. The Morgan fingerprint density at radius 1 is 1.43 bits per heavy atom. The van der Waals surface area contributed by atoms with Gasteiger partial charge in [-0.25, -0.2) is 13.1 Å². The molecule has 0 fully saturated rings. The van der Waals surface area contributed by atoms with Gasteiger partial charge in [0, 0.05) is 24.7 Å². The standard InChI is InChI=1S/C12H19N3O5S/c1-4-13-9(2)8-14-21(18,19)12-7-10(15(16)17)5-6-11(12)20-3/h5-7,9,13-14H,4,8H2,1-3H3/t9-/m1/s1. The maximum atomic E-state index is 12.3. The summed E-state index contributed by atoms with van der Waals surface area (Å²) < 4.78 is 31.9. The highest BCUT2D eigenvalue weighted by atomic mass is 32.2. The monoisotopic (exact) mass is 317 g/mol. The average Bonchev–Trinajstić information content (AvgIpc) is 2.44. The first-order valence-electron chi connectivity index (χ1n) is 6.37. The fourth-order valence-corrected chi connectivity index (χ4v) is 3.04. The maximum absolute atomic E-state index is 12.3. The van der Waals surface area contributed by atoms with Gasteiger partial charge < -0.3 is 10.1 Å². The van der Waals surface area contributed by atoms with Crippen molar-refractivity contribution < 1.29 is 18.1 Å². The molecule has 8 nitrogen and oxygen atoms in total. The molecular formula is C12H19N3O5S. The van der Waals surface area contributed by atoms with E-state index >= 15 is 0 Å². The van der Waals surface area contributed by atoms with E-state index < -0.39 is 14.9 Å². The van der Waals surface area contributed by atoms with Crippen molar-refractivity contribution in [3.05, 3.63) is 28.3 Å². The Morgan fingerprint density at radius 2 is 2.10 bits per heavy atom. The first-order chi connectivity index (χ1) is 9.81. The van der Waals surface area contributed by atoms with Crippen LogP contribution in [0.25, 0.3) is 0 Å². The lowest BCUT2D eigenvalue weighted by Crippen LogP contribution is -2.38. The van der Waals surface area contributed by atoms with Crippen LogP contribution in [0.5, 0.6) is 5.75 Å². The molecule has 0 saturated heterocycles. The number of nitro benzene ring substituents is 1. The third-order valence-corrected chi connectivity index (χ3v) is 4.22. The van der Waals surface area contributed by atoms with Crippen LogP contribution in [0, 0.1) is 10.1 Å². The maximum Gasteiger partial charge on any atom is 0.271 e. The SMILES string of the molecule is CCN[C@H](C)CNS(=O)(=O)c1cc([N+](=O)[O-])ccc1OC. The van der Waals surface area contributed by atoms with Gasteiger partial charge in [-0.3, -0.25) is 10.1 Å². The average molecular weight is 317 g/mol. The molecule has 0 spiro atoms. The van der Waals surface area contributed by atoms with Crippen molar-refractivity contribution in [1.82, 2.24) is 10.0 Å². The van der Waals surface area contributed by atoms with Crippen LogP contribution in [0.2, 0.25) is 0 Å². The van der Waals surface area contributed by atoms with Crippen LogP contribution in [0.3, 0.4) is 0 Å². The van der Waals surface area contributed by atoms with E-state index in [1.54, 1.807) is 0 Å². The lowest BCUT2D eigenvalue weighted by Gasteiger charge is -2.14. The van der Waals surface area contributed by atoms with Crippen LogP contribution in [-0.2, 0) is 10.0 Å². The molecule has 1 aromatic carbocycles. The van der Waals surface area contributed by atoms with Crippen molar-refractivity contribution in [3.8, 4) is 5.75 Å². The van der Waals surface area contributed by atoms with Gasteiger partial charge in [0.15, 0.2) is 0 Å². The van der Waals surface area contributed by atoms with Crippen molar-refractivity contribution in [1.29, 1.82) is 0 Å². The summed E-state index contributed by atoms with van der Waals surface area (Å²) in [4.78, 5) is 9.87. The normalized spacial score (nSPS) is 12.9. The molecule has 0 unspecified atom stereocenters. The van der Waals surface area contributed by atoms with Crippen molar-refractivity contribution in [2.45, 2.75) is 24.8 Å². The number of sulfonamides is 1. The quantitative estimate of drug-likeness (QED) is 0.544. The number of likely N-dealkylation sites (N-methyl/N-ethyl adjacent to an activating group) is 1. The molecule has 0 bridgehead atoms. The van der Waals surface area contributed by atoms with E-state index in [4.69, 9.17) is 4.74 Å². The van der Waals surface area contributed by atoms with Crippen LogP contribution in [0.1, 0.15) is 13.8 Å². The van der Waals surface area contributed by atoms with Crippen LogP contribution < -0.4 is 14.8 Å². The molecule has 0 radical (unpaired) electrons. The summed E-state index contributed by atoms with van der Waals surface area (Å²) in [6, 6.07) is 3.38. The first-order valence-corrected chi connectivity index (χ1v) is 7.85. The minimum absolute atomic E-state index is 0.0594. The summed E-state index contributed by atoms with van der Waals surface area (Å²) in [5.41, 5.74) is -0.309. The van der Waals surface area contributed by atoms with Gasteiger partial charge in [0.2, 0.25) is 10.0 Å². The number of nitro groups is 1.